The van der Waals surface area contributed by atoms with Gasteiger partial charge in [0.15, 0.2) is 0 Å². The number of epoxide rings is 2. The molecule has 4 aromatic carbocycles. The lowest BCUT2D eigenvalue weighted by molar-refractivity contribution is -0.380. The Morgan fingerprint density at radius 2 is 0.933 bits per heavy atom. The summed E-state index contributed by atoms with van der Waals surface area (Å²) in [6.07, 6.45) is 8.05. The third kappa shape index (κ3) is 6.07. The van der Waals surface area contributed by atoms with Crippen LogP contribution in [0.4, 0.5) is 0 Å². The van der Waals surface area contributed by atoms with Gasteiger partial charge in [0.05, 0.1) is 38.6 Å². The molecule has 2 heterocycles. The van der Waals surface area contributed by atoms with E-state index in [0.717, 1.165) is 59.4 Å². The number of fused-ring (bicyclic) bond motifs is 2. The molecule has 4 unspecified atom stereocenters. The van der Waals surface area contributed by atoms with E-state index in [1.165, 1.54) is 11.1 Å². The van der Waals surface area contributed by atoms with Crippen molar-refractivity contribution in [3.8, 4) is 0 Å². The summed E-state index contributed by atoms with van der Waals surface area (Å²) in [5.41, 5.74) is 9.11. The van der Waals surface area contributed by atoms with E-state index >= 15 is 0 Å². The van der Waals surface area contributed by atoms with Crippen molar-refractivity contribution in [2.75, 3.05) is 13.2 Å². The Hall–Kier alpha value is -3.84. The standard InChI is InChI=1S/C40H38O5/c1-3-11-29(12-4-1)25-43-39(21-19-31(23-33-27-41-33)35-15-7-9-17-37(35)39)45-40(44-26-30-13-5-2-6-14-30)22-20-32(24-34-28-42-34)36-16-8-10-18-38(36)40/h1-20,33-34H,21-28H2. The maximum absolute atomic E-state index is 7.55. The highest BCUT2D eigenvalue weighted by Crippen LogP contribution is 2.52. The van der Waals surface area contributed by atoms with Gasteiger partial charge in [0.2, 0.25) is 11.6 Å². The quantitative estimate of drug-likeness (QED) is 0.121. The van der Waals surface area contributed by atoms with E-state index in [1.807, 2.05) is 36.4 Å². The number of hydrogen-bond donors (Lipinski definition) is 0. The van der Waals surface area contributed by atoms with Gasteiger partial charge in [0.25, 0.3) is 0 Å². The molecule has 2 aliphatic carbocycles. The minimum absolute atomic E-state index is 0.285. The molecule has 2 aliphatic heterocycles. The van der Waals surface area contributed by atoms with E-state index in [-0.39, 0.29) is 12.2 Å². The first-order chi connectivity index (χ1) is 22.2. The zero-order valence-electron chi connectivity index (χ0n) is 25.4. The van der Waals surface area contributed by atoms with Gasteiger partial charge in [-0.2, -0.15) is 0 Å². The Morgan fingerprint density at radius 3 is 1.36 bits per heavy atom. The molecule has 4 aromatic rings. The molecule has 0 bridgehead atoms. The minimum Gasteiger partial charge on any atom is -0.373 e. The fourth-order valence-electron chi connectivity index (χ4n) is 6.73. The van der Waals surface area contributed by atoms with E-state index in [1.54, 1.807) is 0 Å². The molecule has 0 saturated carbocycles. The Labute approximate surface area is 265 Å². The van der Waals surface area contributed by atoms with Gasteiger partial charge < -0.3 is 23.7 Å². The van der Waals surface area contributed by atoms with Crippen LogP contribution in [0.5, 0.6) is 0 Å². The van der Waals surface area contributed by atoms with Crippen molar-refractivity contribution >= 4 is 11.1 Å². The monoisotopic (exact) mass is 598 g/mol. The Bertz CT molecular complexity index is 1580. The van der Waals surface area contributed by atoms with Crippen LogP contribution < -0.4 is 0 Å². The molecule has 228 valence electrons. The average molecular weight is 599 g/mol. The molecule has 4 atom stereocenters. The van der Waals surface area contributed by atoms with Crippen LogP contribution in [0.15, 0.2) is 121 Å². The van der Waals surface area contributed by atoms with Crippen molar-refractivity contribution in [1.82, 2.24) is 0 Å². The van der Waals surface area contributed by atoms with Crippen molar-refractivity contribution in [3.63, 3.8) is 0 Å². The van der Waals surface area contributed by atoms with E-state index in [9.17, 15) is 0 Å². The molecule has 5 nitrogen and oxygen atoms in total. The zero-order chi connectivity index (χ0) is 30.1. The zero-order valence-corrected chi connectivity index (χ0v) is 25.4. The van der Waals surface area contributed by atoms with Gasteiger partial charge in [-0.25, -0.2) is 0 Å². The summed E-state index contributed by atoms with van der Waals surface area (Å²) in [5, 5.41) is 0. The smallest absolute Gasteiger partial charge is 0.202 e. The van der Waals surface area contributed by atoms with E-state index < -0.39 is 11.6 Å². The van der Waals surface area contributed by atoms with Crippen LogP contribution in [0.25, 0.3) is 11.1 Å². The third-order valence-corrected chi connectivity index (χ3v) is 9.26. The van der Waals surface area contributed by atoms with E-state index in [4.69, 9.17) is 23.7 Å². The van der Waals surface area contributed by atoms with Crippen LogP contribution in [0.2, 0.25) is 0 Å². The summed E-state index contributed by atoms with van der Waals surface area (Å²) in [5.74, 6) is -2.18. The molecule has 0 N–H and O–H groups in total. The lowest BCUT2D eigenvalue weighted by atomic mass is 9.82. The maximum Gasteiger partial charge on any atom is 0.202 e. The van der Waals surface area contributed by atoms with Gasteiger partial charge in [-0.05, 0) is 33.4 Å². The van der Waals surface area contributed by atoms with Gasteiger partial charge in [-0.1, -0.05) is 121 Å². The maximum atomic E-state index is 7.55. The normalized spacial score (nSPS) is 26.3. The van der Waals surface area contributed by atoms with Crippen LogP contribution >= 0.6 is 0 Å². The fraction of sp³-hybridized carbons (Fsp3) is 0.300. The summed E-state index contributed by atoms with van der Waals surface area (Å²) in [7, 11) is 0. The Morgan fingerprint density at radius 1 is 0.533 bits per heavy atom. The minimum atomic E-state index is -1.09. The molecule has 4 aliphatic rings. The molecule has 0 spiro atoms. The molecule has 0 amide bonds. The van der Waals surface area contributed by atoms with Crippen molar-refractivity contribution < 1.29 is 23.7 Å². The molecule has 2 saturated heterocycles. The second kappa shape index (κ2) is 12.2. The Kier molecular flexibility index (Phi) is 7.74. The van der Waals surface area contributed by atoms with Crippen LogP contribution in [0.1, 0.15) is 59.1 Å². The van der Waals surface area contributed by atoms with Crippen molar-refractivity contribution in [1.29, 1.82) is 0 Å². The molecule has 5 heteroatoms. The van der Waals surface area contributed by atoms with Gasteiger partial charge in [-0.3, -0.25) is 0 Å². The number of ether oxygens (including phenoxy) is 5. The first-order valence-electron chi connectivity index (χ1n) is 16.1. The predicted molar refractivity (Wildman–Crippen MR) is 174 cm³/mol. The highest BCUT2D eigenvalue weighted by molar-refractivity contribution is 5.73. The number of rotatable bonds is 12. The third-order valence-electron chi connectivity index (χ3n) is 9.26. The Balaban J connectivity index is 1.23. The first kappa shape index (κ1) is 28.6. The highest BCUT2D eigenvalue weighted by atomic mass is 16.8. The second-order valence-electron chi connectivity index (χ2n) is 12.4. The van der Waals surface area contributed by atoms with Crippen LogP contribution in [-0.2, 0) is 48.5 Å². The van der Waals surface area contributed by atoms with E-state index in [0.29, 0.717) is 26.1 Å². The average Bonchev–Trinajstić information content (AvgIpc) is 4.04. The summed E-state index contributed by atoms with van der Waals surface area (Å²) in [6.45, 7) is 2.44. The first-order valence-corrected chi connectivity index (χ1v) is 16.1. The molecule has 45 heavy (non-hydrogen) atoms. The molecule has 8 rings (SSSR count). The summed E-state index contributed by atoms with van der Waals surface area (Å²) < 4.78 is 32.9. The van der Waals surface area contributed by atoms with Crippen molar-refractivity contribution in [2.24, 2.45) is 0 Å². The molecular weight excluding hydrogens is 560 g/mol. The van der Waals surface area contributed by atoms with Gasteiger partial charge in [0.1, 0.15) is 0 Å². The van der Waals surface area contributed by atoms with Crippen molar-refractivity contribution in [3.05, 3.63) is 155 Å². The van der Waals surface area contributed by atoms with Gasteiger partial charge in [0, 0.05) is 36.8 Å². The largest absolute Gasteiger partial charge is 0.373 e. The van der Waals surface area contributed by atoms with Gasteiger partial charge in [-0.15, -0.1) is 0 Å². The lowest BCUT2D eigenvalue weighted by Gasteiger charge is -2.47. The highest BCUT2D eigenvalue weighted by Gasteiger charge is 2.50. The summed E-state index contributed by atoms with van der Waals surface area (Å²) in [4.78, 5) is 0. The summed E-state index contributed by atoms with van der Waals surface area (Å²) in [6, 6.07) is 37.7. The van der Waals surface area contributed by atoms with Crippen molar-refractivity contribution in [2.45, 2.75) is 62.7 Å². The van der Waals surface area contributed by atoms with Crippen LogP contribution in [0.3, 0.4) is 0 Å². The lowest BCUT2D eigenvalue weighted by Crippen LogP contribution is -2.46. The molecule has 0 radical (unpaired) electrons. The molecular formula is C40H38O5. The topological polar surface area (TPSA) is 52.8 Å². The van der Waals surface area contributed by atoms with E-state index in [2.05, 4.69) is 84.9 Å². The second-order valence-corrected chi connectivity index (χ2v) is 12.4. The van der Waals surface area contributed by atoms with Gasteiger partial charge >= 0.3 is 0 Å². The van der Waals surface area contributed by atoms with Crippen LogP contribution in [-0.4, -0.2) is 25.4 Å². The molecule has 2 fully saturated rings. The predicted octanol–water partition coefficient (Wildman–Crippen LogP) is 8.29. The SMILES string of the molecule is C1=C(CC2CO2)c2ccccc2C(OCc2ccccc2)(OC2(OCc3ccccc3)CC=C(CC3CO3)c3ccccc32)C1. The number of hydrogen-bond acceptors (Lipinski definition) is 5. The fourth-order valence-corrected chi connectivity index (χ4v) is 6.73. The van der Waals surface area contributed by atoms with Crippen LogP contribution in [0, 0.1) is 0 Å². The molecule has 0 aromatic heterocycles. The summed E-state index contributed by atoms with van der Waals surface area (Å²) >= 11 is 0. The number of benzene rings is 4.